The standard InChI is InChI=1S/C32H26ClFN4O7/c33-16-3-1-15(2-4-16)32-23(28(41)38(30(32)43)36-18-7-5-17(34)6-8-18)13-22-20(26(32)24-12-9-19(14-39)45-24)10-11-21-25(22)29(42)37(27(21)40)31(35)44/h1-10,12,21-23,25-26,36,39H,11,13-14H2,(H2,35,44). The number of benzene rings is 2. The van der Waals surface area contributed by atoms with Crippen molar-refractivity contribution in [3.8, 4) is 0 Å². The molecule has 2 aromatic carbocycles. The quantitative estimate of drug-likeness (QED) is 0.284. The van der Waals surface area contributed by atoms with E-state index in [1.165, 1.54) is 24.3 Å². The van der Waals surface area contributed by atoms with E-state index >= 15 is 0 Å². The molecular weight excluding hydrogens is 607 g/mol. The lowest BCUT2D eigenvalue weighted by atomic mass is 9.50. The molecule has 7 rings (SSSR count). The molecule has 0 radical (unpaired) electrons. The van der Waals surface area contributed by atoms with Crippen LogP contribution in [-0.2, 0) is 31.2 Å². The van der Waals surface area contributed by atoms with E-state index in [9.17, 15) is 33.5 Å². The lowest BCUT2D eigenvalue weighted by molar-refractivity contribution is -0.139. The first kappa shape index (κ1) is 28.9. The zero-order valence-corrected chi connectivity index (χ0v) is 24.2. The fraction of sp³-hybridized carbons (Fsp3) is 0.281. The summed E-state index contributed by atoms with van der Waals surface area (Å²) in [4.78, 5) is 68.6. The van der Waals surface area contributed by atoms with Crippen LogP contribution in [0.3, 0.4) is 0 Å². The minimum atomic E-state index is -1.62. The van der Waals surface area contributed by atoms with E-state index in [0.717, 1.165) is 5.01 Å². The van der Waals surface area contributed by atoms with Crippen molar-refractivity contribution in [1.82, 2.24) is 9.91 Å². The van der Waals surface area contributed by atoms with Gasteiger partial charge in [0.15, 0.2) is 0 Å². The number of carbonyl (C=O) groups is 5. The molecule has 6 atom stereocenters. The molecule has 0 spiro atoms. The van der Waals surface area contributed by atoms with Crippen LogP contribution in [0, 0.1) is 29.5 Å². The summed E-state index contributed by atoms with van der Waals surface area (Å²) < 4.78 is 19.8. The van der Waals surface area contributed by atoms with Gasteiger partial charge in [-0.15, -0.1) is 0 Å². The first-order valence-corrected chi connectivity index (χ1v) is 14.7. The van der Waals surface area contributed by atoms with Crippen molar-refractivity contribution in [3.63, 3.8) is 0 Å². The van der Waals surface area contributed by atoms with Crippen LogP contribution < -0.4 is 11.2 Å². The number of fused-ring (bicyclic) bond motifs is 4. The zero-order valence-electron chi connectivity index (χ0n) is 23.5. The van der Waals surface area contributed by atoms with Gasteiger partial charge in [0.2, 0.25) is 11.8 Å². The number of amides is 6. The van der Waals surface area contributed by atoms with Gasteiger partial charge in [-0.1, -0.05) is 35.4 Å². The lowest BCUT2D eigenvalue weighted by Gasteiger charge is -2.49. The normalized spacial score (nSPS) is 29.0. The highest BCUT2D eigenvalue weighted by Crippen LogP contribution is 2.64. The van der Waals surface area contributed by atoms with Crippen molar-refractivity contribution in [2.75, 3.05) is 5.43 Å². The number of carbonyl (C=O) groups excluding carboxylic acids is 5. The Balaban J connectivity index is 1.45. The topological polar surface area (TPSA) is 163 Å². The molecule has 3 aromatic rings. The number of aliphatic hydroxyl groups is 1. The van der Waals surface area contributed by atoms with Gasteiger partial charge in [0, 0.05) is 5.02 Å². The number of hydrogen-bond acceptors (Lipinski definition) is 8. The van der Waals surface area contributed by atoms with Crippen LogP contribution in [0.2, 0.25) is 5.02 Å². The number of furan rings is 1. The molecule has 4 N–H and O–H groups in total. The third-order valence-electron chi connectivity index (χ3n) is 9.60. The fourth-order valence-electron chi connectivity index (χ4n) is 7.82. The third kappa shape index (κ3) is 4.09. The van der Waals surface area contributed by atoms with E-state index < -0.39 is 77.1 Å². The summed E-state index contributed by atoms with van der Waals surface area (Å²) in [5.74, 6) is -7.35. The van der Waals surface area contributed by atoms with E-state index in [1.54, 1.807) is 42.5 Å². The van der Waals surface area contributed by atoms with Crippen molar-refractivity contribution >= 4 is 46.9 Å². The number of primary amides is 1. The van der Waals surface area contributed by atoms with Gasteiger partial charge in [-0.05, 0) is 72.9 Å². The highest BCUT2D eigenvalue weighted by molar-refractivity contribution is 6.30. The van der Waals surface area contributed by atoms with Crippen molar-refractivity contribution in [1.29, 1.82) is 0 Å². The molecule has 4 aliphatic rings. The highest BCUT2D eigenvalue weighted by atomic mass is 35.5. The second-order valence-electron chi connectivity index (χ2n) is 11.7. The molecule has 1 aromatic heterocycles. The van der Waals surface area contributed by atoms with E-state index in [2.05, 4.69) is 5.43 Å². The number of rotatable bonds is 5. The van der Waals surface area contributed by atoms with E-state index in [4.69, 9.17) is 21.8 Å². The summed E-state index contributed by atoms with van der Waals surface area (Å²) in [6, 6.07) is 13.7. The molecule has 3 heterocycles. The first-order chi connectivity index (χ1) is 21.6. The lowest BCUT2D eigenvalue weighted by Crippen LogP contribution is -2.53. The van der Waals surface area contributed by atoms with Gasteiger partial charge in [-0.25, -0.2) is 9.18 Å². The van der Waals surface area contributed by atoms with Crippen LogP contribution in [0.5, 0.6) is 0 Å². The van der Waals surface area contributed by atoms with E-state index in [1.807, 2.05) is 0 Å². The molecule has 6 amide bonds. The molecule has 3 fully saturated rings. The molecule has 1 saturated carbocycles. The molecule has 13 heteroatoms. The highest BCUT2D eigenvalue weighted by Gasteiger charge is 2.71. The summed E-state index contributed by atoms with van der Waals surface area (Å²) >= 11 is 6.25. The second kappa shape index (κ2) is 10.4. The van der Waals surface area contributed by atoms with Crippen molar-refractivity contribution < 1.29 is 37.9 Å². The van der Waals surface area contributed by atoms with Crippen LogP contribution in [-0.4, -0.2) is 44.7 Å². The SMILES string of the molecule is NC(=O)N1C(=O)C2CC=C3C(CC4C(=O)N(Nc5ccc(F)cc5)C(=O)C4(c4ccc(Cl)cc4)C3c3ccc(CO)o3)C2C1=O. The summed E-state index contributed by atoms with van der Waals surface area (Å²) in [5.41, 5.74) is 7.97. The van der Waals surface area contributed by atoms with E-state index in [-0.39, 0.29) is 30.0 Å². The number of nitrogens with zero attached hydrogens (tertiary/aromatic N) is 2. The minimum absolute atomic E-state index is 0.0164. The number of nitrogens with one attached hydrogen (secondary N) is 1. The van der Waals surface area contributed by atoms with Gasteiger partial charge in [0.25, 0.3) is 11.8 Å². The number of hydrazine groups is 1. The van der Waals surface area contributed by atoms with Gasteiger partial charge in [-0.2, -0.15) is 9.91 Å². The van der Waals surface area contributed by atoms with Crippen molar-refractivity contribution in [3.05, 3.63) is 100 Å². The van der Waals surface area contributed by atoms with Crippen LogP contribution in [0.25, 0.3) is 0 Å². The number of likely N-dealkylation sites (tertiary alicyclic amines) is 1. The number of hydrogen-bond donors (Lipinski definition) is 3. The maximum Gasteiger partial charge on any atom is 0.328 e. The summed E-state index contributed by atoms with van der Waals surface area (Å²) in [6.07, 6.45) is 1.86. The zero-order chi connectivity index (χ0) is 31.8. The van der Waals surface area contributed by atoms with Crippen LogP contribution in [0.1, 0.15) is 35.8 Å². The number of urea groups is 1. The Morgan fingerprint density at radius 2 is 1.71 bits per heavy atom. The van der Waals surface area contributed by atoms with Crippen LogP contribution >= 0.6 is 11.6 Å². The molecule has 2 aliphatic heterocycles. The summed E-state index contributed by atoms with van der Waals surface area (Å²) in [5, 5.41) is 11.2. The second-order valence-corrected chi connectivity index (χ2v) is 12.1. The molecule has 230 valence electrons. The Morgan fingerprint density at radius 3 is 2.36 bits per heavy atom. The van der Waals surface area contributed by atoms with Crippen LogP contribution in [0.15, 0.2) is 76.7 Å². The monoisotopic (exact) mass is 632 g/mol. The van der Waals surface area contributed by atoms with Crippen LogP contribution in [0.4, 0.5) is 14.9 Å². The Bertz CT molecular complexity index is 1810. The Labute approximate surface area is 260 Å². The molecule has 6 unspecified atom stereocenters. The molecule has 2 aliphatic carbocycles. The van der Waals surface area contributed by atoms with Crippen molar-refractivity contribution in [2.45, 2.75) is 30.8 Å². The third-order valence-corrected chi connectivity index (χ3v) is 9.85. The number of halogens is 2. The van der Waals surface area contributed by atoms with Gasteiger partial charge < -0.3 is 15.3 Å². The molecule has 0 bridgehead atoms. The smallest absolute Gasteiger partial charge is 0.328 e. The minimum Gasteiger partial charge on any atom is -0.463 e. The fourth-order valence-corrected chi connectivity index (χ4v) is 7.94. The number of imide groups is 4. The number of aliphatic hydroxyl groups excluding tert-OH is 1. The van der Waals surface area contributed by atoms with Gasteiger partial charge in [0.05, 0.1) is 29.4 Å². The molecular formula is C32H26ClFN4O7. The van der Waals surface area contributed by atoms with Crippen molar-refractivity contribution in [2.24, 2.45) is 29.4 Å². The van der Waals surface area contributed by atoms with E-state index in [0.29, 0.717) is 21.1 Å². The molecule has 45 heavy (non-hydrogen) atoms. The Kier molecular flexibility index (Phi) is 6.68. The Morgan fingerprint density at radius 1 is 1.00 bits per heavy atom. The van der Waals surface area contributed by atoms with Gasteiger partial charge >= 0.3 is 6.03 Å². The number of anilines is 1. The number of nitrogens with two attached hydrogens (primary N) is 1. The van der Waals surface area contributed by atoms with Gasteiger partial charge in [-0.3, -0.25) is 24.6 Å². The summed E-state index contributed by atoms with van der Waals surface area (Å²) in [7, 11) is 0. The predicted molar refractivity (Wildman–Crippen MR) is 155 cm³/mol. The van der Waals surface area contributed by atoms with Gasteiger partial charge in [0.1, 0.15) is 29.4 Å². The predicted octanol–water partition coefficient (Wildman–Crippen LogP) is 3.63. The molecule has 2 saturated heterocycles. The number of allylic oxidation sites excluding steroid dienone is 2. The maximum atomic E-state index is 14.9. The average Bonchev–Trinajstić information content (AvgIpc) is 3.66. The molecule has 11 nitrogen and oxygen atoms in total. The first-order valence-electron chi connectivity index (χ1n) is 14.3. The maximum absolute atomic E-state index is 14.9. The Hall–Kier alpha value is -4.81. The summed E-state index contributed by atoms with van der Waals surface area (Å²) in [6.45, 7) is -0.428. The average molecular weight is 633 g/mol. The largest absolute Gasteiger partial charge is 0.463 e.